The van der Waals surface area contributed by atoms with Crippen molar-refractivity contribution in [3.8, 4) is 0 Å². The van der Waals surface area contributed by atoms with Gasteiger partial charge >= 0.3 is 0 Å². The number of carbonyl (C=O) groups is 3. The number of hydrogen-bond donors (Lipinski definition) is 1. The average molecular weight is 325 g/mol. The molecule has 0 amide bonds. The first-order chi connectivity index (χ1) is 10.3. The van der Waals surface area contributed by atoms with Crippen LogP contribution in [0.1, 0.15) is 29.6 Å². The van der Waals surface area contributed by atoms with E-state index < -0.39 is 50.5 Å². The van der Waals surface area contributed by atoms with Crippen molar-refractivity contribution >= 4 is 34.1 Å². The summed E-state index contributed by atoms with van der Waals surface area (Å²) in [7, 11) is 0. The van der Waals surface area contributed by atoms with Crippen molar-refractivity contribution in [2.45, 2.75) is 24.2 Å². The second-order valence-corrected chi connectivity index (χ2v) is 5.74. The fourth-order valence-corrected chi connectivity index (χ4v) is 2.73. The summed E-state index contributed by atoms with van der Waals surface area (Å²) in [5, 5.41) is 11.0. The van der Waals surface area contributed by atoms with E-state index in [9.17, 15) is 28.7 Å². The minimum Gasteiger partial charge on any atom is -0.302 e. The fraction of sp³-hybridized carbons (Fsp3) is 0.308. The molecular weight excluding hydrogens is 314 g/mol. The van der Waals surface area contributed by atoms with Gasteiger partial charge in [0.2, 0.25) is 0 Å². The van der Waals surface area contributed by atoms with Crippen LogP contribution in [-0.2, 0) is 20.7 Å². The van der Waals surface area contributed by atoms with Crippen LogP contribution in [0.3, 0.4) is 0 Å². The Bertz CT molecular complexity index is 696. The molecule has 1 saturated carbocycles. The van der Waals surface area contributed by atoms with Gasteiger partial charge in [-0.2, -0.15) is 0 Å². The lowest BCUT2D eigenvalue weighted by atomic mass is 9.81. The smallest absolute Gasteiger partial charge is 0.281 e. The third-order valence-electron chi connectivity index (χ3n) is 3.39. The van der Waals surface area contributed by atoms with Crippen molar-refractivity contribution in [3.05, 3.63) is 33.9 Å². The number of nitro groups is 1. The summed E-state index contributed by atoms with van der Waals surface area (Å²) >= 11 is -2.45. The summed E-state index contributed by atoms with van der Waals surface area (Å²) in [4.78, 5) is 45.8. The normalized spacial score (nSPS) is 17.3. The first-order valence-electron chi connectivity index (χ1n) is 6.32. The summed E-state index contributed by atoms with van der Waals surface area (Å²) in [5.74, 6) is -3.55. The van der Waals surface area contributed by atoms with E-state index in [1.54, 1.807) is 0 Å². The number of carbonyl (C=O) groups excluding carboxylic acids is 3. The Morgan fingerprint density at radius 1 is 1.27 bits per heavy atom. The lowest BCUT2D eigenvalue weighted by Gasteiger charge is -2.18. The van der Waals surface area contributed by atoms with Gasteiger partial charge in [-0.3, -0.25) is 24.5 Å². The van der Waals surface area contributed by atoms with E-state index in [1.807, 2.05) is 0 Å². The largest absolute Gasteiger partial charge is 0.302 e. The molecular formula is C13H11NO7S. The van der Waals surface area contributed by atoms with Crippen LogP contribution in [0.25, 0.3) is 0 Å². The monoisotopic (exact) mass is 325 g/mol. The minimum atomic E-state index is -2.45. The Morgan fingerprint density at radius 2 is 1.86 bits per heavy atom. The first-order valence-corrected chi connectivity index (χ1v) is 7.42. The van der Waals surface area contributed by atoms with Crippen molar-refractivity contribution in [3.63, 3.8) is 0 Å². The molecule has 1 aromatic rings. The molecule has 2 rings (SSSR count). The van der Waals surface area contributed by atoms with Crippen molar-refractivity contribution in [1.82, 2.24) is 0 Å². The third-order valence-corrected chi connectivity index (χ3v) is 4.04. The topological polar surface area (TPSA) is 132 Å². The van der Waals surface area contributed by atoms with Crippen LogP contribution in [-0.4, -0.2) is 31.0 Å². The Morgan fingerprint density at radius 3 is 2.36 bits per heavy atom. The molecule has 0 aromatic heterocycles. The third kappa shape index (κ3) is 3.00. The maximum atomic E-state index is 12.3. The Kier molecular flexibility index (Phi) is 4.57. The fourth-order valence-electron chi connectivity index (χ4n) is 2.33. The molecule has 22 heavy (non-hydrogen) atoms. The summed E-state index contributed by atoms with van der Waals surface area (Å²) in [6.45, 7) is 0. The van der Waals surface area contributed by atoms with Gasteiger partial charge in [0.05, 0.1) is 15.4 Å². The van der Waals surface area contributed by atoms with E-state index in [1.165, 1.54) is 0 Å². The summed E-state index contributed by atoms with van der Waals surface area (Å²) in [6.07, 6.45) is 0.523. The van der Waals surface area contributed by atoms with Gasteiger partial charge in [0.15, 0.2) is 28.4 Å². The molecule has 116 valence electrons. The Labute approximate surface area is 126 Å². The number of nitrogens with zero attached hydrogens (tertiary/aromatic N) is 1. The molecule has 8 nitrogen and oxygen atoms in total. The highest BCUT2D eigenvalue weighted by atomic mass is 32.2. The van der Waals surface area contributed by atoms with Crippen molar-refractivity contribution in [2.75, 3.05) is 0 Å². The number of hydrogen-bond acceptors (Lipinski definition) is 6. The molecule has 1 aromatic carbocycles. The highest BCUT2D eigenvalue weighted by Crippen LogP contribution is 2.28. The van der Waals surface area contributed by atoms with Gasteiger partial charge in [0.1, 0.15) is 5.92 Å². The first kappa shape index (κ1) is 16.1. The van der Waals surface area contributed by atoms with E-state index in [0.29, 0.717) is 6.42 Å². The molecule has 1 fully saturated rings. The Balaban J connectivity index is 2.49. The zero-order valence-electron chi connectivity index (χ0n) is 11.2. The number of nitro benzene ring substituents is 1. The van der Waals surface area contributed by atoms with E-state index in [-0.39, 0.29) is 17.7 Å². The zero-order valence-corrected chi connectivity index (χ0v) is 12.0. The molecule has 1 unspecified atom stereocenters. The summed E-state index contributed by atoms with van der Waals surface area (Å²) < 4.78 is 19.9. The van der Waals surface area contributed by atoms with Gasteiger partial charge < -0.3 is 4.55 Å². The minimum absolute atomic E-state index is 0.0781. The maximum Gasteiger partial charge on any atom is 0.281 e. The molecule has 1 N–H and O–H groups in total. The molecule has 0 aliphatic heterocycles. The lowest BCUT2D eigenvalue weighted by molar-refractivity contribution is -0.385. The van der Waals surface area contributed by atoms with E-state index in [4.69, 9.17) is 4.55 Å². The Hall–Kier alpha value is -2.26. The van der Waals surface area contributed by atoms with Crippen LogP contribution in [0.15, 0.2) is 23.1 Å². The van der Waals surface area contributed by atoms with E-state index in [0.717, 1.165) is 18.2 Å². The number of benzene rings is 1. The van der Waals surface area contributed by atoms with Crippen LogP contribution < -0.4 is 0 Å². The molecule has 0 radical (unpaired) electrons. The number of Topliss-reactive ketones (excluding diaryl/α,β-unsaturated/α-hetero) is 3. The predicted molar refractivity (Wildman–Crippen MR) is 73.8 cm³/mol. The van der Waals surface area contributed by atoms with Crippen LogP contribution in [0.5, 0.6) is 0 Å². The molecule has 0 bridgehead atoms. The van der Waals surface area contributed by atoms with Crippen molar-refractivity contribution in [2.24, 2.45) is 5.92 Å². The van der Waals surface area contributed by atoms with Gasteiger partial charge in [-0.05, 0) is 18.6 Å². The molecule has 1 aliphatic carbocycles. The van der Waals surface area contributed by atoms with Crippen LogP contribution in [0.2, 0.25) is 0 Å². The molecule has 9 heteroatoms. The van der Waals surface area contributed by atoms with Crippen molar-refractivity contribution < 1.29 is 28.1 Å². The van der Waals surface area contributed by atoms with Gasteiger partial charge in [0.25, 0.3) is 5.69 Å². The predicted octanol–water partition coefficient (Wildman–Crippen LogP) is 1.30. The van der Waals surface area contributed by atoms with Crippen LogP contribution in [0.4, 0.5) is 5.69 Å². The van der Waals surface area contributed by atoms with E-state index >= 15 is 0 Å². The second kappa shape index (κ2) is 6.24. The van der Waals surface area contributed by atoms with Gasteiger partial charge in [0, 0.05) is 18.9 Å². The molecule has 0 spiro atoms. The maximum absolute atomic E-state index is 12.3. The average Bonchev–Trinajstić information content (AvgIpc) is 2.46. The number of rotatable bonds is 4. The number of ketones is 3. The molecule has 1 aliphatic rings. The summed E-state index contributed by atoms with van der Waals surface area (Å²) in [5.41, 5.74) is -1.11. The van der Waals surface area contributed by atoms with E-state index in [2.05, 4.69) is 0 Å². The zero-order chi connectivity index (χ0) is 16.4. The molecule has 0 saturated heterocycles. The van der Waals surface area contributed by atoms with Crippen molar-refractivity contribution in [1.29, 1.82) is 0 Å². The highest BCUT2D eigenvalue weighted by molar-refractivity contribution is 7.79. The van der Waals surface area contributed by atoms with Crippen LogP contribution >= 0.6 is 0 Å². The molecule has 1 atom stereocenters. The molecule has 0 heterocycles. The van der Waals surface area contributed by atoms with Gasteiger partial charge in [-0.15, -0.1) is 0 Å². The summed E-state index contributed by atoms with van der Waals surface area (Å²) in [6, 6.07) is 2.87. The standard InChI is InChI=1S/C13H11NO7S/c15-10-2-1-3-11(16)12(10)13(17)8-5-4-7(22(20)21)6-9(8)14(18)19/h4-6,12H,1-3H2,(H,20,21). The van der Waals surface area contributed by atoms with Gasteiger partial charge in [-0.25, -0.2) is 4.21 Å². The highest BCUT2D eigenvalue weighted by Gasteiger charge is 2.39. The quantitative estimate of drug-likeness (QED) is 0.290. The lowest BCUT2D eigenvalue weighted by Crippen LogP contribution is -2.35. The second-order valence-electron chi connectivity index (χ2n) is 4.77. The van der Waals surface area contributed by atoms with Crippen LogP contribution in [0, 0.1) is 16.0 Å². The van der Waals surface area contributed by atoms with Gasteiger partial charge in [-0.1, -0.05) is 0 Å². The SMILES string of the molecule is O=C1CCCC(=O)C1C(=O)c1ccc(S(=O)O)cc1[N+](=O)[O-].